The van der Waals surface area contributed by atoms with Crippen molar-refractivity contribution >= 4 is 11.4 Å². The lowest BCUT2D eigenvalue weighted by atomic mass is 10.3. The van der Waals surface area contributed by atoms with Gasteiger partial charge in [-0.25, -0.2) is 0 Å². The van der Waals surface area contributed by atoms with Crippen molar-refractivity contribution in [1.82, 2.24) is 14.8 Å². The van der Waals surface area contributed by atoms with Gasteiger partial charge in [0, 0.05) is 31.5 Å². The van der Waals surface area contributed by atoms with Gasteiger partial charge in [0.1, 0.15) is 0 Å². The maximum Gasteiger partial charge on any atom is 0.0550 e. The van der Waals surface area contributed by atoms with E-state index in [2.05, 4.69) is 15.4 Å². The van der Waals surface area contributed by atoms with Crippen LogP contribution in [-0.4, -0.2) is 14.8 Å². The van der Waals surface area contributed by atoms with Crippen LogP contribution in [-0.2, 0) is 13.6 Å². The van der Waals surface area contributed by atoms with Gasteiger partial charge in [-0.05, 0) is 6.07 Å². The SMILES string of the molecule is Cn1cc(CNc2cncc(N)c2)cn1. The Balaban J connectivity index is 1.99. The zero-order chi connectivity index (χ0) is 10.7. The second kappa shape index (κ2) is 4.00. The Bertz CT molecular complexity index is 449. The summed E-state index contributed by atoms with van der Waals surface area (Å²) in [4.78, 5) is 3.99. The summed E-state index contributed by atoms with van der Waals surface area (Å²) in [7, 11) is 1.89. The predicted molar refractivity (Wildman–Crippen MR) is 59.2 cm³/mol. The van der Waals surface area contributed by atoms with Crippen molar-refractivity contribution in [3.05, 3.63) is 36.4 Å². The van der Waals surface area contributed by atoms with E-state index in [9.17, 15) is 0 Å². The van der Waals surface area contributed by atoms with E-state index < -0.39 is 0 Å². The fourth-order valence-corrected chi connectivity index (χ4v) is 1.32. The van der Waals surface area contributed by atoms with Crippen LogP contribution in [0.5, 0.6) is 0 Å². The molecule has 0 unspecified atom stereocenters. The molecule has 2 aromatic rings. The lowest BCUT2D eigenvalue weighted by Crippen LogP contribution is -1.99. The monoisotopic (exact) mass is 203 g/mol. The van der Waals surface area contributed by atoms with Gasteiger partial charge in [-0.1, -0.05) is 0 Å². The highest BCUT2D eigenvalue weighted by molar-refractivity contribution is 5.51. The molecule has 2 aromatic heterocycles. The molecule has 2 rings (SSSR count). The predicted octanol–water partition coefficient (Wildman–Crippen LogP) is 1.01. The van der Waals surface area contributed by atoms with Crippen molar-refractivity contribution < 1.29 is 0 Å². The molecular formula is C10H13N5. The molecule has 0 saturated carbocycles. The summed E-state index contributed by atoms with van der Waals surface area (Å²) in [5.41, 5.74) is 8.31. The molecule has 0 amide bonds. The van der Waals surface area contributed by atoms with Crippen molar-refractivity contribution in [1.29, 1.82) is 0 Å². The average Bonchev–Trinajstić information content (AvgIpc) is 2.62. The third-order valence-electron chi connectivity index (χ3n) is 2.01. The molecule has 0 aromatic carbocycles. The summed E-state index contributed by atoms with van der Waals surface area (Å²) in [6, 6.07) is 1.85. The first kappa shape index (κ1) is 9.51. The van der Waals surface area contributed by atoms with Crippen LogP contribution in [0, 0.1) is 0 Å². The minimum absolute atomic E-state index is 0.659. The van der Waals surface area contributed by atoms with Crippen molar-refractivity contribution in [2.24, 2.45) is 7.05 Å². The molecule has 78 valence electrons. The molecule has 0 radical (unpaired) electrons. The lowest BCUT2D eigenvalue weighted by Gasteiger charge is -2.04. The Morgan fingerprint density at radius 3 is 2.93 bits per heavy atom. The molecule has 0 aliphatic heterocycles. The van der Waals surface area contributed by atoms with Gasteiger partial charge < -0.3 is 11.1 Å². The third-order valence-corrected chi connectivity index (χ3v) is 2.01. The molecule has 0 aliphatic carbocycles. The van der Waals surface area contributed by atoms with Crippen molar-refractivity contribution in [3.8, 4) is 0 Å². The highest BCUT2D eigenvalue weighted by atomic mass is 15.2. The van der Waals surface area contributed by atoms with E-state index in [-0.39, 0.29) is 0 Å². The van der Waals surface area contributed by atoms with Gasteiger partial charge in [0.2, 0.25) is 0 Å². The Hall–Kier alpha value is -2.04. The Kier molecular flexibility index (Phi) is 2.53. The smallest absolute Gasteiger partial charge is 0.0550 e. The number of anilines is 2. The van der Waals surface area contributed by atoms with Gasteiger partial charge in [-0.3, -0.25) is 9.67 Å². The minimum atomic E-state index is 0.659. The molecule has 15 heavy (non-hydrogen) atoms. The number of aromatic nitrogens is 3. The van der Waals surface area contributed by atoms with E-state index in [1.54, 1.807) is 17.1 Å². The van der Waals surface area contributed by atoms with E-state index in [1.165, 1.54) is 0 Å². The average molecular weight is 203 g/mol. The zero-order valence-corrected chi connectivity index (χ0v) is 8.51. The van der Waals surface area contributed by atoms with E-state index in [0.717, 1.165) is 17.8 Å². The molecule has 5 nitrogen and oxygen atoms in total. The number of pyridine rings is 1. The molecule has 0 fully saturated rings. The quantitative estimate of drug-likeness (QED) is 0.781. The van der Waals surface area contributed by atoms with Crippen molar-refractivity contribution in [3.63, 3.8) is 0 Å². The highest BCUT2D eigenvalue weighted by Crippen LogP contribution is 2.10. The fraction of sp³-hybridized carbons (Fsp3) is 0.200. The van der Waals surface area contributed by atoms with Crippen molar-refractivity contribution in [2.45, 2.75) is 6.54 Å². The van der Waals surface area contributed by atoms with Crippen molar-refractivity contribution in [2.75, 3.05) is 11.1 Å². The van der Waals surface area contributed by atoms with Gasteiger partial charge in [0.25, 0.3) is 0 Å². The van der Waals surface area contributed by atoms with Crippen LogP contribution < -0.4 is 11.1 Å². The number of aryl methyl sites for hydroxylation is 1. The number of hydrogen-bond acceptors (Lipinski definition) is 4. The first-order valence-corrected chi connectivity index (χ1v) is 4.66. The van der Waals surface area contributed by atoms with E-state index in [0.29, 0.717) is 5.69 Å². The third kappa shape index (κ3) is 2.46. The lowest BCUT2D eigenvalue weighted by molar-refractivity contribution is 0.767. The largest absolute Gasteiger partial charge is 0.397 e. The number of nitrogens with one attached hydrogen (secondary N) is 1. The second-order valence-corrected chi connectivity index (χ2v) is 3.38. The molecule has 0 atom stereocenters. The number of nitrogen functional groups attached to an aromatic ring is 1. The summed E-state index contributed by atoms with van der Waals surface area (Å²) in [5.74, 6) is 0. The van der Waals surface area contributed by atoms with Gasteiger partial charge in [-0.2, -0.15) is 5.10 Å². The summed E-state index contributed by atoms with van der Waals surface area (Å²) < 4.78 is 1.77. The van der Waals surface area contributed by atoms with E-state index in [4.69, 9.17) is 5.73 Å². The van der Waals surface area contributed by atoms with E-state index >= 15 is 0 Å². The summed E-state index contributed by atoms with van der Waals surface area (Å²) >= 11 is 0. The summed E-state index contributed by atoms with van der Waals surface area (Å²) in [6.45, 7) is 0.721. The first-order chi connectivity index (χ1) is 7.24. The molecule has 0 spiro atoms. The number of rotatable bonds is 3. The molecule has 0 saturated heterocycles. The van der Waals surface area contributed by atoms with Gasteiger partial charge in [0.05, 0.1) is 23.8 Å². The van der Waals surface area contributed by atoms with Crippen LogP contribution in [0.2, 0.25) is 0 Å². The Morgan fingerprint density at radius 1 is 1.40 bits per heavy atom. The van der Waals surface area contributed by atoms with Crippen LogP contribution in [0.15, 0.2) is 30.9 Å². The van der Waals surface area contributed by atoms with Crippen LogP contribution >= 0.6 is 0 Å². The van der Waals surface area contributed by atoms with Gasteiger partial charge in [0.15, 0.2) is 0 Å². The van der Waals surface area contributed by atoms with Gasteiger partial charge >= 0.3 is 0 Å². The van der Waals surface area contributed by atoms with Crippen LogP contribution in [0.1, 0.15) is 5.56 Å². The maximum atomic E-state index is 5.61. The fourth-order valence-electron chi connectivity index (χ4n) is 1.32. The molecule has 2 heterocycles. The molecule has 5 heteroatoms. The summed E-state index contributed by atoms with van der Waals surface area (Å²) in [6.07, 6.45) is 7.15. The Labute approximate surface area is 87.9 Å². The van der Waals surface area contributed by atoms with E-state index in [1.807, 2.05) is 25.5 Å². The molecule has 0 aliphatic rings. The van der Waals surface area contributed by atoms with Crippen LogP contribution in [0.4, 0.5) is 11.4 Å². The number of nitrogens with zero attached hydrogens (tertiary/aromatic N) is 3. The second-order valence-electron chi connectivity index (χ2n) is 3.38. The normalized spacial score (nSPS) is 10.2. The van der Waals surface area contributed by atoms with Gasteiger partial charge in [-0.15, -0.1) is 0 Å². The minimum Gasteiger partial charge on any atom is -0.397 e. The first-order valence-electron chi connectivity index (χ1n) is 4.66. The highest BCUT2D eigenvalue weighted by Gasteiger charge is 1.97. The number of nitrogens with two attached hydrogens (primary N) is 1. The molecule has 3 N–H and O–H groups in total. The van der Waals surface area contributed by atoms with Crippen LogP contribution in [0.25, 0.3) is 0 Å². The Morgan fingerprint density at radius 2 is 2.27 bits per heavy atom. The molecular weight excluding hydrogens is 190 g/mol. The maximum absolute atomic E-state index is 5.61. The number of hydrogen-bond donors (Lipinski definition) is 2. The molecule has 0 bridgehead atoms. The standard InChI is InChI=1S/C10H13N5/c1-15-7-8(4-14-15)3-13-10-2-9(11)5-12-6-10/h2,4-7,13H,3,11H2,1H3. The van der Waals surface area contributed by atoms with Crippen LogP contribution in [0.3, 0.4) is 0 Å². The zero-order valence-electron chi connectivity index (χ0n) is 8.51. The topological polar surface area (TPSA) is 68.8 Å². The summed E-state index contributed by atoms with van der Waals surface area (Å²) in [5, 5.41) is 7.30.